The molecule has 0 bridgehead atoms. The molecular weight excluding hydrogens is 360 g/mol. The van der Waals surface area contributed by atoms with E-state index in [1.54, 1.807) is 44.9 Å². The second-order valence-electron chi connectivity index (χ2n) is 13.6. The van der Waals surface area contributed by atoms with E-state index in [1.807, 2.05) is 0 Å². The summed E-state index contributed by atoms with van der Waals surface area (Å²) < 4.78 is 0. The minimum atomic E-state index is 0.656. The fourth-order valence-electron chi connectivity index (χ4n) is 10.5. The van der Waals surface area contributed by atoms with Crippen LogP contribution in [0.25, 0.3) is 0 Å². The van der Waals surface area contributed by atoms with E-state index >= 15 is 0 Å². The lowest BCUT2D eigenvalue weighted by molar-refractivity contribution is -0.127. The topological polar surface area (TPSA) is 0 Å². The van der Waals surface area contributed by atoms with Crippen LogP contribution in [0, 0.1) is 64.1 Å². The van der Waals surface area contributed by atoms with Gasteiger partial charge in [-0.2, -0.15) is 0 Å². The molecule has 30 heavy (non-hydrogen) atoms. The molecule has 10 atom stereocenters. The lowest BCUT2D eigenvalue weighted by atomic mass is 9.43. The average Bonchev–Trinajstić information content (AvgIpc) is 3.05. The van der Waals surface area contributed by atoms with Gasteiger partial charge in [-0.05, 0) is 115 Å². The standard InChI is InChI=1S/C30H54/c1-8-23(20(2)3)12-11-22(5)26-15-16-27-24-13-14-25-21(4)10-9-18-29(25,6)28(24)17-19-30(26,27)7/h20-28H,8-19H2,1-7H3/t21-,22+,23+,24-,25-,26-,27-,28-,29-,30+/m0/s1. The van der Waals surface area contributed by atoms with Crippen LogP contribution < -0.4 is 0 Å². The van der Waals surface area contributed by atoms with Gasteiger partial charge in [-0.1, -0.05) is 74.1 Å². The SMILES string of the molecule is CC[C@H](CC[C@@H](C)[C@@H]1CC[C@H]2[C@@H]3CC[C@H]4[C@@H](C)CCC[C@]4(C)[C@H]3CC[C@@]21C)C(C)C. The van der Waals surface area contributed by atoms with Gasteiger partial charge in [-0.15, -0.1) is 0 Å². The van der Waals surface area contributed by atoms with Crippen LogP contribution in [-0.4, -0.2) is 0 Å². The van der Waals surface area contributed by atoms with Crippen LogP contribution in [0.3, 0.4) is 0 Å². The largest absolute Gasteiger partial charge is 0.0651 e. The Morgan fingerprint density at radius 3 is 2.17 bits per heavy atom. The molecule has 0 heteroatoms. The lowest BCUT2D eigenvalue weighted by Crippen LogP contribution is -2.54. The lowest BCUT2D eigenvalue weighted by Gasteiger charge is -2.62. The second-order valence-corrected chi connectivity index (χ2v) is 13.6. The zero-order chi connectivity index (χ0) is 21.7. The Balaban J connectivity index is 1.46. The maximum Gasteiger partial charge on any atom is -0.0264 e. The normalized spacial score (nSPS) is 48.0. The molecule has 4 saturated carbocycles. The first-order valence-corrected chi connectivity index (χ1v) is 14.2. The maximum atomic E-state index is 2.76. The minimum absolute atomic E-state index is 0.656. The zero-order valence-corrected chi connectivity index (χ0v) is 21.7. The fraction of sp³-hybridized carbons (Fsp3) is 1.00. The van der Waals surface area contributed by atoms with E-state index in [-0.39, 0.29) is 0 Å². The van der Waals surface area contributed by atoms with Gasteiger partial charge in [0.15, 0.2) is 0 Å². The van der Waals surface area contributed by atoms with E-state index in [4.69, 9.17) is 0 Å². The Morgan fingerprint density at radius 2 is 1.47 bits per heavy atom. The van der Waals surface area contributed by atoms with Gasteiger partial charge in [0, 0.05) is 0 Å². The van der Waals surface area contributed by atoms with Gasteiger partial charge in [0.1, 0.15) is 0 Å². The van der Waals surface area contributed by atoms with Gasteiger partial charge in [-0.3, -0.25) is 0 Å². The quantitative estimate of drug-likeness (QED) is 0.406. The molecule has 4 fully saturated rings. The summed E-state index contributed by atoms with van der Waals surface area (Å²) in [5.41, 5.74) is 1.33. The summed E-state index contributed by atoms with van der Waals surface area (Å²) in [5.74, 6) is 8.93. The highest BCUT2D eigenvalue weighted by Crippen LogP contribution is 2.68. The molecule has 4 aliphatic rings. The predicted molar refractivity (Wildman–Crippen MR) is 131 cm³/mol. The maximum absolute atomic E-state index is 2.76. The first-order chi connectivity index (χ1) is 14.2. The van der Waals surface area contributed by atoms with Crippen molar-refractivity contribution in [1.29, 1.82) is 0 Å². The molecular formula is C30H54. The second kappa shape index (κ2) is 8.74. The molecule has 0 spiro atoms. The van der Waals surface area contributed by atoms with E-state index < -0.39 is 0 Å². The van der Waals surface area contributed by atoms with Gasteiger partial charge >= 0.3 is 0 Å². The summed E-state index contributed by atoms with van der Waals surface area (Å²) >= 11 is 0. The number of rotatable bonds is 6. The summed E-state index contributed by atoms with van der Waals surface area (Å²) in [6, 6.07) is 0. The van der Waals surface area contributed by atoms with Crippen molar-refractivity contribution in [2.24, 2.45) is 64.1 Å². The van der Waals surface area contributed by atoms with Gasteiger partial charge in [0.2, 0.25) is 0 Å². The molecule has 0 aromatic rings. The highest BCUT2D eigenvalue weighted by atomic mass is 14.7. The van der Waals surface area contributed by atoms with Crippen molar-refractivity contribution in [3.63, 3.8) is 0 Å². The van der Waals surface area contributed by atoms with Crippen LogP contribution in [0.1, 0.15) is 126 Å². The molecule has 4 aliphatic carbocycles. The smallest absolute Gasteiger partial charge is 0.0264 e. The molecule has 0 aromatic heterocycles. The Morgan fingerprint density at radius 1 is 0.767 bits per heavy atom. The molecule has 4 rings (SSSR count). The van der Waals surface area contributed by atoms with Gasteiger partial charge in [-0.25, -0.2) is 0 Å². The Bertz CT molecular complexity index is 577. The Kier molecular flexibility index (Phi) is 6.75. The number of fused-ring (bicyclic) bond motifs is 5. The molecule has 0 aliphatic heterocycles. The third-order valence-corrected chi connectivity index (χ3v) is 12.2. The highest BCUT2D eigenvalue weighted by molar-refractivity contribution is 5.09. The molecule has 0 aromatic carbocycles. The monoisotopic (exact) mass is 414 g/mol. The third kappa shape index (κ3) is 3.73. The van der Waals surface area contributed by atoms with Gasteiger partial charge in [0.05, 0.1) is 0 Å². The zero-order valence-electron chi connectivity index (χ0n) is 21.7. The van der Waals surface area contributed by atoms with Crippen LogP contribution in [-0.2, 0) is 0 Å². The van der Waals surface area contributed by atoms with Crippen LogP contribution in [0.4, 0.5) is 0 Å². The van der Waals surface area contributed by atoms with Crippen LogP contribution >= 0.6 is 0 Å². The van der Waals surface area contributed by atoms with E-state index in [9.17, 15) is 0 Å². The van der Waals surface area contributed by atoms with E-state index in [1.165, 1.54) is 32.1 Å². The van der Waals surface area contributed by atoms with E-state index in [2.05, 4.69) is 48.5 Å². The molecule has 174 valence electrons. The summed E-state index contributed by atoms with van der Waals surface area (Å²) in [6.07, 6.45) is 18.2. The molecule has 0 saturated heterocycles. The average molecular weight is 415 g/mol. The van der Waals surface area contributed by atoms with Crippen molar-refractivity contribution in [2.45, 2.75) is 126 Å². The molecule has 0 amide bonds. The summed E-state index contributed by atoms with van der Waals surface area (Å²) in [6.45, 7) is 18.0. The summed E-state index contributed by atoms with van der Waals surface area (Å²) in [7, 11) is 0. The first-order valence-electron chi connectivity index (χ1n) is 14.2. The highest BCUT2D eigenvalue weighted by Gasteiger charge is 2.60. The van der Waals surface area contributed by atoms with E-state index in [0.717, 1.165) is 53.3 Å². The number of hydrogen-bond donors (Lipinski definition) is 0. The Hall–Kier alpha value is 0. The van der Waals surface area contributed by atoms with Crippen molar-refractivity contribution in [1.82, 2.24) is 0 Å². The predicted octanol–water partition coefficient (Wildman–Crippen LogP) is 9.38. The third-order valence-electron chi connectivity index (χ3n) is 12.2. The van der Waals surface area contributed by atoms with Crippen LogP contribution in [0.15, 0.2) is 0 Å². The molecule has 0 radical (unpaired) electrons. The molecule has 0 N–H and O–H groups in total. The van der Waals surface area contributed by atoms with Crippen molar-refractivity contribution >= 4 is 0 Å². The summed E-state index contributed by atoms with van der Waals surface area (Å²) in [5, 5.41) is 0. The molecule has 0 unspecified atom stereocenters. The van der Waals surface area contributed by atoms with Crippen molar-refractivity contribution in [3.8, 4) is 0 Å². The van der Waals surface area contributed by atoms with Gasteiger partial charge in [0.25, 0.3) is 0 Å². The van der Waals surface area contributed by atoms with Gasteiger partial charge < -0.3 is 0 Å². The first kappa shape index (κ1) is 23.2. The number of hydrogen-bond acceptors (Lipinski definition) is 0. The van der Waals surface area contributed by atoms with Crippen molar-refractivity contribution in [2.75, 3.05) is 0 Å². The van der Waals surface area contributed by atoms with Crippen molar-refractivity contribution in [3.05, 3.63) is 0 Å². The molecule has 0 heterocycles. The van der Waals surface area contributed by atoms with Crippen molar-refractivity contribution < 1.29 is 0 Å². The van der Waals surface area contributed by atoms with E-state index in [0.29, 0.717) is 10.8 Å². The van der Waals surface area contributed by atoms with Crippen LogP contribution in [0.5, 0.6) is 0 Å². The Labute approximate surface area is 189 Å². The fourth-order valence-corrected chi connectivity index (χ4v) is 10.5. The molecule has 0 nitrogen and oxygen atoms in total. The van der Waals surface area contributed by atoms with Crippen LogP contribution in [0.2, 0.25) is 0 Å². The summed E-state index contributed by atoms with van der Waals surface area (Å²) in [4.78, 5) is 0. The minimum Gasteiger partial charge on any atom is -0.0651 e.